The first kappa shape index (κ1) is 12.7. The Bertz CT molecular complexity index is 226. The van der Waals surface area contributed by atoms with Gasteiger partial charge in [-0.05, 0) is 6.92 Å². The Morgan fingerprint density at radius 2 is 2.15 bits per heavy atom. The number of nitrogens with one attached hydrogen (secondary N) is 1. The van der Waals surface area contributed by atoms with Gasteiger partial charge in [0, 0.05) is 0 Å². The fraction of sp³-hybridized carbons (Fsp3) is 0.571. The van der Waals surface area contributed by atoms with Crippen LogP contribution in [0.5, 0.6) is 0 Å². The minimum atomic E-state index is -1.58. The third kappa shape index (κ3) is 9.62. The van der Waals surface area contributed by atoms with Crippen LogP contribution in [-0.4, -0.2) is 23.0 Å². The van der Waals surface area contributed by atoms with Crippen LogP contribution in [0, 0.1) is 11.8 Å². The molecule has 0 spiro atoms. The number of hydrogen-bond acceptors (Lipinski definition) is 2. The monoisotopic (exact) mass is 243 g/mol. The van der Waals surface area contributed by atoms with Gasteiger partial charge in [0.05, 0.1) is 6.54 Å². The third-order valence-corrected chi connectivity index (χ3v) is 1.19. The number of ether oxygens (including phenoxy) is 1. The molecule has 0 aliphatic rings. The van der Waals surface area contributed by atoms with Crippen molar-refractivity contribution in [2.24, 2.45) is 0 Å². The van der Waals surface area contributed by atoms with Crippen molar-refractivity contribution < 1.29 is 9.53 Å². The van der Waals surface area contributed by atoms with E-state index in [2.05, 4.69) is 21.9 Å². The van der Waals surface area contributed by atoms with Gasteiger partial charge in [0.2, 0.25) is 3.79 Å². The average Bonchev–Trinajstić information content (AvgIpc) is 2.00. The van der Waals surface area contributed by atoms with E-state index < -0.39 is 9.89 Å². The minimum Gasteiger partial charge on any atom is -0.445 e. The largest absolute Gasteiger partial charge is 0.445 e. The second-order valence-corrected chi connectivity index (χ2v) is 4.49. The highest BCUT2D eigenvalue weighted by molar-refractivity contribution is 6.67. The smallest absolute Gasteiger partial charge is 0.408 e. The first-order chi connectivity index (χ1) is 5.95. The zero-order valence-electron chi connectivity index (χ0n) is 6.86. The van der Waals surface area contributed by atoms with Gasteiger partial charge in [-0.25, -0.2) is 4.79 Å². The Morgan fingerprint density at radius 1 is 1.54 bits per heavy atom. The highest BCUT2D eigenvalue weighted by Crippen LogP contribution is 2.25. The Hall–Kier alpha value is -0.300. The molecule has 0 rings (SSSR count). The fourth-order valence-electron chi connectivity index (χ4n) is 0.403. The van der Waals surface area contributed by atoms with Gasteiger partial charge in [-0.3, -0.25) is 0 Å². The molecule has 0 saturated heterocycles. The van der Waals surface area contributed by atoms with Crippen molar-refractivity contribution in [3.8, 4) is 11.8 Å². The lowest BCUT2D eigenvalue weighted by Crippen LogP contribution is -2.28. The summed E-state index contributed by atoms with van der Waals surface area (Å²) >= 11 is 16.0. The molecular formula is C7H8Cl3NO2. The molecule has 0 aliphatic heterocycles. The van der Waals surface area contributed by atoms with E-state index in [0.29, 0.717) is 0 Å². The lowest BCUT2D eigenvalue weighted by Gasteiger charge is -2.10. The predicted molar refractivity (Wildman–Crippen MR) is 53.1 cm³/mol. The zero-order chi connectivity index (χ0) is 10.3. The van der Waals surface area contributed by atoms with Crippen molar-refractivity contribution in [2.45, 2.75) is 10.7 Å². The number of halogens is 3. The molecule has 0 heterocycles. The predicted octanol–water partition coefficient (Wildman–Crippen LogP) is 2.11. The molecule has 6 heteroatoms. The molecule has 0 fully saturated rings. The molecule has 3 nitrogen and oxygen atoms in total. The summed E-state index contributed by atoms with van der Waals surface area (Å²) in [5.74, 6) is 5.21. The minimum absolute atomic E-state index is 0.217. The van der Waals surface area contributed by atoms with Gasteiger partial charge in [0.15, 0.2) is 0 Å². The van der Waals surface area contributed by atoms with Gasteiger partial charge in [0.1, 0.15) is 6.61 Å². The van der Waals surface area contributed by atoms with Crippen LogP contribution in [0.4, 0.5) is 4.79 Å². The second kappa shape index (κ2) is 6.20. The molecule has 13 heavy (non-hydrogen) atoms. The summed E-state index contributed by atoms with van der Waals surface area (Å²) in [6.07, 6.45) is -0.658. The fourth-order valence-corrected chi connectivity index (χ4v) is 0.567. The van der Waals surface area contributed by atoms with Crippen molar-refractivity contribution in [3.05, 3.63) is 0 Å². The number of alkyl halides is 3. The molecule has 1 amide bonds. The van der Waals surface area contributed by atoms with Gasteiger partial charge < -0.3 is 10.1 Å². The Morgan fingerprint density at radius 3 is 2.62 bits per heavy atom. The SMILES string of the molecule is CC#CCNC(=O)OCC(Cl)(Cl)Cl. The van der Waals surface area contributed by atoms with E-state index >= 15 is 0 Å². The van der Waals surface area contributed by atoms with Crippen LogP contribution in [0.1, 0.15) is 6.92 Å². The van der Waals surface area contributed by atoms with Crippen LogP contribution in [0.15, 0.2) is 0 Å². The normalized spacial score (nSPS) is 9.85. The zero-order valence-corrected chi connectivity index (χ0v) is 9.13. The molecular weight excluding hydrogens is 236 g/mol. The second-order valence-electron chi connectivity index (χ2n) is 1.97. The van der Waals surface area contributed by atoms with Crippen molar-refractivity contribution in [2.75, 3.05) is 13.2 Å². The van der Waals surface area contributed by atoms with Crippen molar-refractivity contribution in [3.63, 3.8) is 0 Å². The molecule has 0 aliphatic carbocycles. The molecule has 0 unspecified atom stereocenters. The van der Waals surface area contributed by atoms with Gasteiger partial charge in [-0.2, -0.15) is 0 Å². The van der Waals surface area contributed by atoms with E-state index in [1.807, 2.05) is 0 Å². The highest BCUT2D eigenvalue weighted by Gasteiger charge is 2.21. The van der Waals surface area contributed by atoms with Crippen molar-refractivity contribution >= 4 is 40.9 Å². The Kier molecular flexibility index (Phi) is 6.06. The van der Waals surface area contributed by atoms with Crippen LogP contribution in [0.2, 0.25) is 0 Å². The van der Waals surface area contributed by atoms with Crippen LogP contribution in [-0.2, 0) is 4.74 Å². The van der Waals surface area contributed by atoms with Crippen LogP contribution in [0.3, 0.4) is 0 Å². The average molecular weight is 245 g/mol. The topological polar surface area (TPSA) is 38.3 Å². The van der Waals surface area contributed by atoms with Gasteiger partial charge in [-0.15, -0.1) is 5.92 Å². The summed E-state index contributed by atoms with van der Waals surface area (Å²) in [6, 6.07) is 0. The number of carbonyl (C=O) groups excluding carboxylic acids is 1. The number of alkyl carbamates (subject to hydrolysis) is 1. The summed E-state index contributed by atoms with van der Waals surface area (Å²) in [4.78, 5) is 10.8. The lowest BCUT2D eigenvalue weighted by atomic mass is 10.6. The molecule has 0 aromatic heterocycles. The maximum atomic E-state index is 10.8. The summed E-state index contributed by atoms with van der Waals surface area (Å²) in [6.45, 7) is 1.59. The first-order valence-electron chi connectivity index (χ1n) is 3.32. The molecule has 0 aromatic rings. The van der Waals surface area contributed by atoms with E-state index in [0.717, 1.165) is 0 Å². The lowest BCUT2D eigenvalue weighted by molar-refractivity contribution is 0.149. The summed E-state index contributed by atoms with van der Waals surface area (Å²) < 4.78 is 2.96. The van der Waals surface area contributed by atoms with Gasteiger partial charge >= 0.3 is 6.09 Å². The number of rotatable bonds is 2. The van der Waals surface area contributed by atoms with Gasteiger partial charge in [-0.1, -0.05) is 40.7 Å². The molecule has 0 radical (unpaired) electrons. The van der Waals surface area contributed by atoms with Crippen LogP contribution in [0.25, 0.3) is 0 Å². The van der Waals surface area contributed by atoms with Crippen molar-refractivity contribution in [1.82, 2.24) is 5.32 Å². The van der Waals surface area contributed by atoms with E-state index in [9.17, 15) is 4.79 Å². The quantitative estimate of drug-likeness (QED) is 0.597. The Labute approximate surface area is 91.7 Å². The molecule has 0 saturated carbocycles. The molecule has 0 bridgehead atoms. The maximum absolute atomic E-state index is 10.8. The van der Waals surface area contributed by atoms with E-state index in [-0.39, 0.29) is 13.2 Å². The van der Waals surface area contributed by atoms with Crippen LogP contribution < -0.4 is 5.32 Å². The standard InChI is InChI=1S/C7H8Cl3NO2/c1-2-3-4-11-6(12)13-5-7(8,9)10/h4-5H2,1H3,(H,11,12). The molecule has 0 atom stereocenters. The van der Waals surface area contributed by atoms with E-state index in [4.69, 9.17) is 34.8 Å². The highest BCUT2D eigenvalue weighted by atomic mass is 35.6. The van der Waals surface area contributed by atoms with Crippen LogP contribution >= 0.6 is 34.8 Å². The third-order valence-electron chi connectivity index (χ3n) is 0.865. The summed E-state index contributed by atoms with van der Waals surface area (Å²) in [5.41, 5.74) is 0. The molecule has 74 valence electrons. The van der Waals surface area contributed by atoms with E-state index in [1.165, 1.54) is 0 Å². The number of amides is 1. The first-order valence-corrected chi connectivity index (χ1v) is 4.46. The van der Waals surface area contributed by atoms with Gasteiger partial charge in [0.25, 0.3) is 0 Å². The number of hydrogen-bond donors (Lipinski definition) is 1. The molecule has 0 aromatic carbocycles. The summed E-state index contributed by atoms with van der Waals surface area (Å²) in [7, 11) is 0. The van der Waals surface area contributed by atoms with Crippen molar-refractivity contribution in [1.29, 1.82) is 0 Å². The Balaban J connectivity index is 3.56. The maximum Gasteiger partial charge on any atom is 0.408 e. The summed E-state index contributed by atoms with van der Waals surface area (Å²) in [5, 5.41) is 2.35. The number of carbonyl (C=O) groups is 1. The van der Waals surface area contributed by atoms with E-state index in [1.54, 1.807) is 6.92 Å². The molecule has 1 N–H and O–H groups in total.